The fourth-order valence-electron chi connectivity index (χ4n) is 1.33. The van der Waals surface area contributed by atoms with Gasteiger partial charge in [-0.3, -0.25) is 4.72 Å². The van der Waals surface area contributed by atoms with Gasteiger partial charge in [0.1, 0.15) is 0 Å². The van der Waals surface area contributed by atoms with Gasteiger partial charge in [-0.2, -0.15) is 0 Å². The van der Waals surface area contributed by atoms with Crippen LogP contribution in [0, 0.1) is 0 Å². The first kappa shape index (κ1) is 17.0. The van der Waals surface area contributed by atoms with Crippen LogP contribution in [0.4, 0.5) is 5.69 Å². The van der Waals surface area contributed by atoms with Crippen molar-refractivity contribution >= 4 is 54.8 Å². The Hall–Kier alpha value is -0.0100. The molecule has 0 saturated carbocycles. The molecule has 4 nitrogen and oxygen atoms in total. The zero-order valence-corrected chi connectivity index (χ0v) is 14.3. The lowest BCUT2D eigenvalue weighted by Crippen LogP contribution is -2.27. The first-order chi connectivity index (χ1) is 8.87. The largest absolute Gasteiger partial charge is 0.316 e. The molecule has 0 aliphatic carbocycles. The van der Waals surface area contributed by atoms with Crippen molar-refractivity contribution in [1.29, 1.82) is 0 Å². The van der Waals surface area contributed by atoms with Crippen LogP contribution >= 0.6 is 39.1 Å². The van der Waals surface area contributed by atoms with Crippen molar-refractivity contribution in [3.8, 4) is 0 Å². The summed E-state index contributed by atoms with van der Waals surface area (Å²) in [5.74, 6) is -0.0169. The number of benzene rings is 1. The number of hydrogen-bond acceptors (Lipinski definition) is 3. The van der Waals surface area contributed by atoms with Gasteiger partial charge in [-0.1, -0.05) is 30.1 Å². The highest BCUT2D eigenvalue weighted by Gasteiger charge is 2.14. The standard InChI is InChI=1S/C11H15BrCl2N2O2S/c1-2-5-15-6-7-19(17,18)16-9-4-3-8(12)10(13)11(9)14/h3-4,15-16H,2,5-7H2,1H3. The average Bonchev–Trinajstić information content (AvgIpc) is 2.35. The van der Waals surface area contributed by atoms with Crippen LogP contribution in [0.5, 0.6) is 0 Å². The molecule has 0 unspecified atom stereocenters. The van der Waals surface area contributed by atoms with E-state index >= 15 is 0 Å². The number of nitrogens with one attached hydrogen (secondary N) is 2. The summed E-state index contributed by atoms with van der Waals surface area (Å²) in [5, 5.41) is 3.49. The summed E-state index contributed by atoms with van der Waals surface area (Å²) in [7, 11) is -3.44. The maximum atomic E-state index is 11.8. The predicted molar refractivity (Wildman–Crippen MR) is 84.7 cm³/mol. The van der Waals surface area contributed by atoms with Crippen LogP contribution in [0.3, 0.4) is 0 Å². The minimum absolute atomic E-state index is 0.0169. The van der Waals surface area contributed by atoms with Crippen molar-refractivity contribution in [3.63, 3.8) is 0 Å². The molecule has 0 bridgehead atoms. The van der Waals surface area contributed by atoms with Gasteiger partial charge in [-0.15, -0.1) is 0 Å². The number of halogens is 3. The Kier molecular flexibility index (Phi) is 6.90. The Morgan fingerprint density at radius 2 is 1.89 bits per heavy atom. The second-order valence-corrected chi connectivity index (χ2v) is 7.35. The van der Waals surface area contributed by atoms with Gasteiger partial charge in [0, 0.05) is 11.0 Å². The van der Waals surface area contributed by atoms with E-state index in [1.54, 1.807) is 12.1 Å². The van der Waals surface area contributed by atoms with Crippen molar-refractivity contribution < 1.29 is 8.42 Å². The Balaban J connectivity index is 2.71. The first-order valence-electron chi connectivity index (χ1n) is 5.72. The Bertz CT molecular complexity index is 538. The van der Waals surface area contributed by atoms with E-state index in [-0.39, 0.29) is 21.5 Å². The van der Waals surface area contributed by atoms with Crippen molar-refractivity contribution in [2.24, 2.45) is 0 Å². The number of anilines is 1. The lowest BCUT2D eigenvalue weighted by Gasteiger charge is -2.11. The van der Waals surface area contributed by atoms with Gasteiger partial charge < -0.3 is 5.32 Å². The average molecular weight is 390 g/mol. The topological polar surface area (TPSA) is 58.2 Å². The van der Waals surface area contributed by atoms with Crippen LogP contribution in [0.2, 0.25) is 10.0 Å². The Morgan fingerprint density at radius 1 is 1.21 bits per heavy atom. The highest BCUT2D eigenvalue weighted by Crippen LogP contribution is 2.36. The third-order valence-electron chi connectivity index (χ3n) is 2.27. The third kappa shape index (κ3) is 5.47. The van der Waals surface area contributed by atoms with E-state index in [0.29, 0.717) is 11.0 Å². The zero-order valence-electron chi connectivity index (χ0n) is 10.3. The molecule has 0 saturated heterocycles. The minimum atomic E-state index is -3.44. The maximum Gasteiger partial charge on any atom is 0.234 e. The molecule has 1 aromatic rings. The van der Waals surface area contributed by atoms with Gasteiger partial charge in [-0.25, -0.2) is 8.42 Å². The molecule has 108 valence electrons. The van der Waals surface area contributed by atoms with Crippen LogP contribution in [-0.2, 0) is 10.0 Å². The van der Waals surface area contributed by atoms with E-state index in [4.69, 9.17) is 23.2 Å². The van der Waals surface area contributed by atoms with E-state index in [2.05, 4.69) is 26.0 Å². The number of sulfonamides is 1. The molecule has 0 heterocycles. The van der Waals surface area contributed by atoms with Crippen LogP contribution < -0.4 is 10.0 Å². The molecule has 0 spiro atoms. The van der Waals surface area contributed by atoms with E-state index in [1.807, 2.05) is 6.92 Å². The highest BCUT2D eigenvalue weighted by molar-refractivity contribution is 9.10. The van der Waals surface area contributed by atoms with Gasteiger partial charge in [0.15, 0.2) is 0 Å². The Morgan fingerprint density at radius 3 is 2.53 bits per heavy atom. The van der Waals surface area contributed by atoms with Gasteiger partial charge in [-0.05, 0) is 41.0 Å². The molecule has 1 rings (SSSR count). The molecule has 0 aliphatic rings. The van der Waals surface area contributed by atoms with E-state index in [1.165, 1.54) is 0 Å². The van der Waals surface area contributed by atoms with E-state index < -0.39 is 10.0 Å². The Labute approximate surface area is 132 Å². The fraction of sp³-hybridized carbons (Fsp3) is 0.455. The van der Waals surface area contributed by atoms with Crippen molar-refractivity contribution in [3.05, 3.63) is 26.7 Å². The van der Waals surface area contributed by atoms with Crippen LogP contribution in [0.25, 0.3) is 0 Å². The van der Waals surface area contributed by atoms with Crippen LogP contribution in [0.15, 0.2) is 16.6 Å². The molecule has 0 aliphatic heterocycles. The van der Waals surface area contributed by atoms with Crippen LogP contribution in [-0.4, -0.2) is 27.3 Å². The third-order valence-corrected chi connectivity index (χ3v) is 5.32. The summed E-state index contributed by atoms with van der Waals surface area (Å²) >= 11 is 15.1. The summed E-state index contributed by atoms with van der Waals surface area (Å²) in [6, 6.07) is 3.21. The van der Waals surface area contributed by atoms with Crippen molar-refractivity contribution in [2.45, 2.75) is 13.3 Å². The van der Waals surface area contributed by atoms with Gasteiger partial charge >= 0.3 is 0 Å². The summed E-state index contributed by atoms with van der Waals surface area (Å²) < 4.78 is 26.7. The molecule has 8 heteroatoms. The minimum Gasteiger partial charge on any atom is -0.316 e. The van der Waals surface area contributed by atoms with Crippen molar-refractivity contribution in [1.82, 2.24) is 5.32 Å². The number of rotatable bonds is 7. The normalized spacial score (nSPS) is 11.6. The SMILES string of the molecule is CCCNCCS(=O)(=O)Nc1ccc(Br)c(Cl)c1Cl. The van der Waals surface area contributed by atoms with Crippen molar-refractivity contribution in [2.75, 3.05) is 23.6 Å². The molecule has 0 radical (unpaired) electrons. The molecule has 0 aromatic heterocycles. The fourth-order valence-corrected chi connectivity index (χ4v) is 3.23. The molecule has 2 N–H and O–H groups in total. The summed E-state index contributed by atoms with van der Waals surface area (Å²) in [4.78, 5) is 0. The first-order valence-corrected chi connectivity index (χ1v) is 8.92. The molecule has 19 heavy (non-hydrogen) atoms. The summed E-state index contributed by atoms with van der Waals surface area (Å²) in [6.07, 6.45) is 0.960. The molecule has 0 fully saturated rings. The van der Waals surface area contributed by atoms with Gasteiger partial charge in [0.05, 0.1) is 21.5 Å². The zero-order chi connectivity index (χ0) is 14.5. The monoisotopic (exact) mass is 388 g/mol. The molecular weight excluding hydrogens is 375 g/mol. The second-order valence-electron chi connectivity index (χ2n) is 3.89. The van der Waals surface area contributed by atoms with Gasteiger partial charge in [0.25, 0.3) is 0 Å². The highest BCUT2D eigenvalue weighted by atomic mass is 79.9. The molecular formula is C11H15BrCl2N2O2S. The lowest BCUT2D eigenvalue weighted by molar-refractivity contribution is 0.595. The van der Waals surface area contributed by atoms with Gasteiger partial charge in [0.2, 0.25) is 10.0 Å². The summed E-state index contributed by atoms with van der Waals surface area (Å²) in [6.45, 7) is 3.20. The maximum absolute atomic E-state index is 11.8. The molecule has 0 atom stereocenters. The smallest absolute Gasteiger partial charge is 0.234 e. The predicted octanol–water partition coefficient (Wildman–Crippen LogP) is 3.50. The van der Waals surface area contributed by atoms with E-state index in [0.717, 1.165) is 13.0 Å². The lowest BCUT2D eigenvalue weighted by atomic mass is 10.3. The van der Waals surface area contributed by atoms with Crippen LogP contribution in [0.1, 0.15) is 13.3 Å². The molecule has 0 amide bonds. The quantitative estimate of drug-likeness (QED) is 0.554. The van der Waals surface area contributed by atoms with E-state index in [9.17, 15) is 8.42 Å². The number of hydrogen-bond donors (Lipinski definition) is 2. The second kappa shape index (κ2) is 7.69. The summed E-state index contributed by atoms with van der Waals surface area (Å²) in [5.41, 5.74) is 0.283. The molecule has 1 aromatic carbocycles.